The van der Waals surface area contributed by atoms with E-state index in [0.717, 1.165) is 12.1 Å². The Bertz CT molecular complexity index is 1250. The number of alkyl halides is 1. The minimum Gasteiger partial charge on any atom is -0.368 e. The summed E-state index contributed by atoms with van der Waals surface area (Å²) in [5.41, 5.74) is -0.934. The lowest BCUT2D eigenvalue weighted by molar-refractivity contribution is -0.145. The highest BCUT2D eigenvalue weighted by molar-refractivity contribution is 7.89. The number of hydrogen-bond acceptors (Lipinski definition) is 4. The number of carbonyl (C=O) groups is 1. The van der Waals surface area contributed by atoms with Gasteiger partial charge in [-0.25, -0.2) is 26.3 Å². The van der Waals surface area contributed by atoms with Gasteiger partial charge in [0.25, 0.3) is 5.91 Å². The molecule has 1 heterocycles. The van der Waals surface area contributed by atoms with Crippen molar-refractivity contribution in [2.45, 2.75) is 49.8 Å². The van der Waals surface area contributed by atoms with Gasteiger partial charge in [0, 0.05) is 30.7 Å². The van der Waals surface area contributed by atoms with Crippen LogP contribution < -0.4 is 4.72 Å². The molecule has 3 aliphatic rings. The molecule has 2 aromatic carbocycles. The number of likely N-dealkylation sites (tertiary alicyclic amines) is 1. The van der Waals surface area contributed by atoms with E-state index in [1.54, 1.807) is 35.2 Å². The number of hydrogen-bond donors (Lipinski definition) is 1. The number of carbonyl (C=O) groups excluding carboxylic acids is 1. The maximum Gasteiger partial charge on any atom is 0.255 e. The lowest BCUT2D eigenvalue weighted by Crippen LogP contribution is -2.52. The van der Waals surface area contributed by atoms with Crippen molar-refractivity contribution < 1.29 is 31.1 Å². The zero-order valence-corrected chi connectivity index (χ0v) is 20.1. The average Bonchev–Trinajstić information content (AvgIpc) is 3.77. The Hall–Kier alpha value is -2.43. The quantitative estimate of drug-likeness (QED) is 0.592. The van der Waals surface area contributed by atoms with E-state index in [2.05, 4.69) is 4.72 Å². The van der Waals surface area contributed by atoms with Gasteiger partial charge in [-0.3, -0.25) is 4.79 Å². The molecule has 0 radical (unpaired) electrons. The molecular formula is C25H27F3N2O4S. The third-order valence-electron chi connectivity index (χ3n) is 7.64. The number of halogens is 3. The van der Waals surface area contributed by atoms with Gasteiger partial charge < -0.3 is 9.64 Å². The Balaban J connectivity index is 1.55. The molecule has 0 aromatic heterocycles. The fourth-order valence-corrected chi connectivity index (χ4v) is 6.24. The van der Waals surface area contributed by atoms with Gasteiger partial charge in [-0.2, -0.15) is 0 Å². The van der Waals surface area contributed by atoms with Crippen LogP contribution in [0.1, 0.15) is 31.2 Å². The third kappa shape index (κ3) is 4.36. The van der Waals surface area contributed by atoms with Gasteiger partial charge in [-0.15, -0.1) is 0 Å². The predicted molar refractivity (Wildman–Crippen MR) is 123 cm³/mol. The number of methoxy groups -OCH3 is 1. The SMILES string of the molecule is COC1(C(=O)N2CC3(CC3)[C@H](NS(=O)(=O)CF)[C@@H]2Cc2cc(F)cc(-c3ccccc3)c2F)CC1. The predicted octanol–water partition coefficient (Wildman–Crippen LogP) is 3.56. The summed E-state index contributed by atoms with van der Waals surface area (Å²) in [4.78, 5) is 15.0. The minimum atomic E-state index is -4.26. The maximum atomic E-state index is 15.7. The number of nitrogens with zero attached hydrogens (tertiary/aromatic N) is 1. The zero-order chi connectivity index (χ0) is 25.0. The molecule has 1 saturated heterocycles. The zero-order valence-electron chi connectivity index (χ0n) is 19.3. The van der Waals surface area contributed by atoms with Crippen LogP contribution >= 0.6 is 0 Å². The van der Waals surface area contributed by atoms with E-state index < -0.39 is 50.8 Å². The van der Waals surface area contributed by atoms with Gasteiger partial charge >= 0.3 is 0 Å². The first-order valence-corrected chi connectivity index (χ1v) is 13.2. The fourth-order valence-electron chi connectivity index (χ4n) is 5.38. The molecule has 1 aliphatic heterocycles. The van der Waals surface area contributed by atoms with Crippen LogP contribution in [-0.2, 0) is 26.0 Å². The molecular weight excluding hydrogens is 481 g/mol. The number of benzene rings is 2. The Kier molecular flexibility index (Phi) is 5.96. The second-order valence-corrected chi connectivity index (χ2v) is 11.6. The summed E-state index contributed by atoms with van der Waals surface area (Å²) in [5.74, 6) is -1.58. The first-order valence-electron chi connectivity index (χ1n) is 11.6. The number of sulfonamides is 1. The molecule has 35 heavy (non-hydrogen) atoms. The van der Waals surface area contributed by atoms with Crippen molar-refractivity contribution in [3.8, 4) is 11.1 Å². The van der Waals surface area contributed by atoms with E-state index >= 15 is 4.39 Å². The van der Waals surface area contributed by atoms with Crippen molar-refractivity contribution in [2.75, 3.05) is 19.7 Å². The van der Waals surface area contributed by atoms with E-state index in [-0.39, 0.29) is 30.0 Å². The highest BCUT2D eigenvalue weighted by Crippen LogP contribution is 2.57. The summed E-state index contributed by atoms with van der Waals surface area (Å²) < 4.78 is 75.9. The third-order valence-corrected chi connectivity index (χ3v) is 8.54. The first kappa shape index (κ1) is 24.3. The van der Waals surface area contributed by atoms with E-state index in [1.165, 1.54) is 7.11 Å². The topological polar surface area (TPSA) is 75.7 Å². The smallest absolute Gasteiger partial charge is 0.255 e. The molecule has 6 nitrogen and oxygen atoms in total. The van der Waals surface area contributed by atoms with Gasteiger partial charge in [0.2, 0.25) is 16.0 Å². The number of nitrogens with one attached hydrogen (secondary N) is 1. The first-order chi connectivity index (χ1) is 16.6. The van der Waals surface area contributed by atoms with Crippen LogP contribution in [0, 0.1) is 17.0 Å². The van der Waals surface area contributed by atoms with Crippen molar-refractivity contribution in [3.05, 3.63) is 59.7 Å². The standard InChI is InChI=1S/C25H27F3N2O4S/c1-34-25(9-10-25)23(31)30-14-24(7-8-24)22(29-35(32,33)15-26)20(30)12-17-11-18(27)13-19(21(17)28)16-5-3-2-4-6-16/h2-6,11,13,20,22,29H,7-10,12,14-15H2,1H3/t20-,22+/m0/s1. The largest absolute Gasteiger partial charge is 0.368 e. The fraction of sp³-hybridized carbons (Fsp3) is 0.480. The van der Waals surface area contributed by atoms with Crippen LogP contribution in [0.15, 0.2) is 42.5 Å². The maximum absolute atomic E-state index is 15.7. The van der Waals surface area contributed by atoms with Gasteiger partial charge in [0.05, 0.1) is 6.04 Å². The number of ether oxygens (including phenoxy) is 1. The van der Waals surface area contributed by atoms with Gasteiger partial charge in [-0.05, 0) is 55.4 Å². The Morgan fingerprint density at radius 1 is 1.14 bits per heavy atom. The second kappa shape index (κ2) is 8.60. The van der Waals surface area contributed by atoms with Crippen molar-refractivity contribution in [3.63, 3.8) is 0 Å². The van der Waals surface area contributed by atoms with Gasteiger partial charge in [0.1, 0.15) is 17.2 Å². The normalized spacial score (nSPS) is 24.1. The van der Waals surface area contributed by atoms with Gasteiger partial charge in [0.15, 0.2) is 0 Å². The van der Waals surface area contributed by atoms with Crippen molar-refractivity contribution in [2.24, 2.45) is 5.41 Å². The molecule has 188 valence electrons. The summed E-state index contributed by atoms with van der Waals surface area (Å²) in [6.45, 7) is 0.254. The molecule has 1 N–H and O–H groups in total. The Morgan fingerprint density at radius 3 is 2.40 bits per heavy atom. The monoisotopic (exact) mass is 508 g/mol. The molecule has 0 bridgehead atoms. The van der Waals surface area contributed by atoms with Crippen LogP contribution in [0.5, 0.6) is 0 Å². The summed E-state index contributed by atoms with van der Waals surface area (Å²) in [6.07, 6.45) is 2.23. The lowest BCUT2D eigenvalue weighted by atomic mass is 9.91. The summed E-state index contributed by atoms with van der Waals surface area (Å²) in [6, 6.07) is 7.48. The summed E-state index contributed by atoms with van der Waals surface area (Å²) in [5, 5.41) is 0. The molecule has 2 saturated carbocycles. The Labute approximate surface area is 202 Å². The van der Waals surface area contributed by atoms with Crippen LogP contribution in [0.4, 0.5) is 13.2 Å². The highest BCUT2D eigenvalue weighted by Gasteiger charge is 2.64. The molecule has 10 heteroatoms. The molecule has 5 rings (SSSR count). The van der Waals surface area contributed by atoms with Crippen molar-refractivity contribution in [1.29, 1.82) is 0 Å². The van der Waals surface area contributed by atoms with Crippen molar-refractivity contribution >= 4 is 15.9 Å². The van der Waals surface area contributed by atoms with E-state index in [4.69, 9.17) is 4.74 Å². The van der Waals surface area contributed by atoms with Crippen molar-refractivity contribution in [1.82, 2.24) is 9.62 Å². The van der Waals surface area contributed by atoms with Crippen LogP contribution in [0.3, 0.4) is 0 Å². The summed E-state index contributed by atoms with van der Waals surface area (Å²) in [7, 11) is -2.81. The van der Waals surface area contributed by atoms with Gasteiger partial charge in [-0.1, -0.05) is 30.3 Å². The molecule has 2 atom stereocenters. The lowest BCUT2D eigenvalue weighted by Gasteiger charge is -2.31. The molecule has 3 fully saturated rings. The molecule has 0 unspecified atom stereocenters. The molecule has 2 aromatic rings. The van der Waals surface area contributed by atoms with E-state index in [9.17, 15) is 22.0 Å². The number of rotatable bonds is 8. The Morgan fingerprint density at radius 2 is 1.83 bits per heavy atom. The van der Waals surface area contributed by atoms with Crippen LogP contribution in [0.2, 0.25) is 0 Å². The number of amides is 1. The second-order valence-electron chi connectivity index (χ2n) is 9.88. The van der Waals surface area contributed by atoms with E-state index in [0.29, 0.717) is 31.2 Å². The molecule has 2 aliphatic carbocycles. The minimum absolute atomic E-state index is 0.0241. The summed E-state index contributed by atoms with van der Waals surface area (Å²) >= 11 is 0. The molecule has 1 spiro atoms. The average molecular weight is 509 g/mol. The molecule has 1 amide bonds. The van der Waals surface area contributed by atoms with E-state index in [1.807, 2.05) is 0 Å². The van der Waals surface area contributed by atoms with Crippen LogP contribution in [0.25, 0.3) is 11.1 Å². The van der Waals surface area contributed by atoms with Crippen LogP contribution in [-0.4, -0.2) is 56.6 Å². The highest BCUT2D eigenvalue weighted by atomic mass is 32.2.